The average Bonchev–Trinajstić information content (AvgIpc) is 2.79. The fourth-order valence-corrected chi connectivity index (χ4v) is 1.66. The highest BCUT2D eigenvalue weighted by molar-refractivity contribution is 5.17. The Balaban J connectivity index is 2.36. The summed E-state index contributed by atoms with van der Waals surface area (Å²) in [6, 6.07) is 3.95. The van der Waals surface area contributed by atoms with Crippen LogP contribution in [-0.2, 0) is 7.05 Å². The van der Waals surface area contributed by atoms with Crippen LogP contribution in [0.4, 0.5) is 0 Å². The van der Waals surface area contributed by atoms with Gasteiger partial charge in [0.15, 0.2) is 0 Å². The van der Waals surface area contributed by atoms with Crippen LogP contribution in [0.1, 0.15) is 23.4 Å². The third-order valence-corrected chi connectivity index (χ3v) is 2.45. The molecule has 0 radical (unpaired) electrons. The summed E-state index contributed by atoms with van der Waals surface area (Å²) in [5.41, 5.74) is 0. The van der Waals surface area contributed by atoms with Gasteiger partial charge in [0.2, 0.25) is 0 Å². The Hall–Kier alpha value is -1.55. The van der Waals surface area contributed by atoms with Gasteiger partial charge in [-0.15, -0.1) is 0 Å². The molecule has 4 nitrogen and oxygen atoms in total. The molecule has 2 aromatic heterocycles. The van der Waals surface area contributed by atoms with Crippen molar-refractivity contribution in [2.24, 2.45) is 7.05 Å². The number of aromatic nitrogens is 2. The molecule has 0 aliphatic carbocycles. The first kappa shape index (κ1) is 9.98. The molecule has 0 fully saturated rings. The second-order valence-corrected chi connectivity index (χ2v) is 3.57. The molecule has 0 saturated heterocycles. The zero-order chi connectivity index (χ0) is 10.8. The van der Waals surface area contributed by atoms with Gasteiger partial charge >= 0.3 is 0 Å². The van der Waals surface area contributed by atoms with Gasteiger partial charge in [-0.1, -0.05) is 0 Å². The summed E-state index contributed by atoms with van der Waals surface area (Å²) in [5.74, 6) is 2.76. The molecule has 4 heteroatoms. The standard InChI is InChI=1S/C11H15N3O/c1-8-4-5-9(15-8)10(12-2)11-13-6-7-14(11)3/h4-7,10,12H,1-3H3. The molecule has 0 amide bonds. The number of hydrogen-bond acceptors (Lipinski definition) is 3. The van der Waals surface area contributed by atoms with Crippen molar-refractivity contribution in [1.29, 1.82) is 0 Å². The maximum absolute atomic E-state index is 5.60. The van der Waals surface area contributed by atoms with Crippen molar-refractivity contribution < 1.29 is 4.42 Å². The molecule has 0 aromatic carbocycles. The molecule has 1 unspecified atom stereocenters. The topological polar surface area (TPSA) is 43.0 Å². The largest absolute Gasteiger partial charge is 0.464 e. The van der Waals surface area contributed by atoms with Crippen molar-refractivity contribution >= 4 is 0 Å². The van der Waals surface area contributed by atoms with E-state index in [1.54, 1.807) is 6.20 Å². The number of furan rings is 1. The lowest BCUT2D eigenvalue weighted by Gasteiger charge is -2.13. The van der Waals surface area contributed by atoms with E-state index in [2.05, 4.69) is 10.3 Å². The van der Waals surface area contributed by atoms with Gasteiger partial charge in [0, 0.05) is 19.4 Å². The van der Waals surface area contributed by atoms with Crippen molar-refractivity contribution in [3.63, 3.8) is 0 Å². The smallest absolute Gasteiger partial charge is 0.133 e. The van der Waals surface area contributed by atoms with Gasteiger partial charge < -0.3 is 14.3 Å². The van der Waals surface area contributed by atoms with E-state index >= 15 is 0 Å². The average molecular weight is 205 g/mol. The molecule has 15 heavy (non-hydrogen) atoms. The second-order valence-electron chi connectivity index (χ2n) is 3.57. The summed E-state index contributed by atoms with van der Waals surface area (Å²) in [5, 5.41) is 3.20. The van der Waals surface area contributed by atoms with Gasteiger partial charge in [0.1, 0.15) is 23.4 Å². The van der Waals surface area contributed by atoms with Gasteiger partial charge in [0.05, 0.1) is 0 Å². The molecule has 80 valence electrons. The van der Waals surface area contributed by atoms with Crippen LogP contribution in [-0.4, -0.2) is 16.6 Å². The molecule has 2 aromatic rings. The summed E-state index contributed by atoms with van der Waals surface area (Å²) in [4.78, 5) is 4.31. The van der Waals surface area contributed by atoms with Gasteiger partial charge in [-0.05, 0) is 26.1 Å². The van der Waals surface area contributed by atoms with Crippen molar-refractivity contribution in [2.75, 3.05) is 7.05 Å². The molecular formula is C11H15N3O. The highest BCUT2D eigenvalue weighted by Gasteiger charge is 2.18. The highest BCUT2D eigenvalue weighted by Crippen LogP contribution is 2.21. The van der Waals surface area contributed by atoms with E-state index < -0.39 is 0 Å². The Morgan fingerprint density at radius 3 is 2.73 bits per heavy atom. The third-order valence-electron chi connectivity index (χ3n) is 2.45. The van der Waals surface area contributed by atoms with E-state index in [-0.39, 0.29) is 6.04 Å². The predicted octanol–water partition coefficient (Wildman–Crippen LogP) is 1.63. The molecular weight excluding hydrogens is 190 g/mol. The molecule has 0 bridgehead atoms. The molecule has 2 rings (SSSR count). The van der Waals surface area contributed by atoms with E-state index in [0.717, 1.165) is 17.3 Å². The molecule has 1 N–H and O–H groups in total. The number of nitrogens with zero attached hydrogens (tertiary/aromatic N) is 2. The molecule has 0 aliphatic heterocycles. The van der Waals surface area contributed by atoms with Crippen LogP contribution in [0.2, 0.25) is 0 Å². The van der Waals surface area contributed by atoms with E-state index in [0.29, 0.717) is 0 Å². The first-order valence-corrected chi connectivity index (χ1v) is 4.93. The van der Waals surface area contributed by atoms with Crippen LogP contribution >= 0.6 is 0 Å². The predicted molar refractivity (Wildman–Crippen MR) is 57.6 cm³/mol. The SMILES string of the molecule is CNC(c1ccc(C)o1)c1nccn1C. The van der Waals surface area contributed by atoms with E-state index in [1.807, 2.05) is 43.9 Å². The van der Waals surface area contributed by atoms with Crippen molar-refractivity contribution in [3.8, 4) is 0 Å². The minimum atomic E-state index is 0.0127. The zero-order valence-corrected chi connectivity index (χ0v) is 9.19. The van der Waals surface area contributed by atoms with Gasteiger partial charge in [-0.3, -0.25) is 0 Å². The van der Waals surface area contributed by atoms with Crippen molar-refractivity contribution in [2.45, 2.75) is 13.0 Å². The molecule has 0 spiro atoms. The summed E-state index contributed by atoms with van der Waals surface area (Å²) in [7, 11) is 3.87. The Labute approximate surface area is 88.9 Å². The van der Waals surface area contributed by atoms with Crippen molar-refractivity contribution in [3.05, 3.63) is 41.9 Å². The number of hydrogen-bond donors (Lipinski definition) is 1. The highest BCUT2D eigenvalue weighted by atomic mass is 16.3. The van der Waals surface area contributed by atoms with E-state index in [9.17, 15) is 0 Å². The summed E-state index contributed by atoms with van der Waals surface area (Å²) in [6.45, 7) is 1.94. The van der Waals surface area contributed by atoms with Crippen molar-refractivity contribution in [1.82, 2.24) is 14.9 Å². The quantitative estimate of drug-likeness (QED) is 0.828. The monoisotopic (exact) mass is 205 g/mol. The van der Waals surface area contributed by atoms with Gasteiger partial charge in [-0.2, -0.15) is 0 Å². The van der Waals surface area contributed by atoms with Crippen LogP contribution in [0.3, 0.4) is 0 Å². The maximum Gasteiger partial charge on any atom is 0.133 e. The third kappa shape index (κ3) is 1.80. The normalized spacial score (nSPS) is 13.0. The first-order chi connectivity index (χ1) is 7.22. The Morgan fingerprint density at radius 2 is 2.27 bits per heavy atom. The second kappa shape index (κ2) is 3.90. The van der Waals surface area contributed by atoms with E-state index in [4.69, 9.17) is 4.42 Å². The minimum Gasteiger partial charge on any atom is -0.464 e. The first-order valence-electron chi connectivity index (χ1n) is 4.93. The van der Waals surface area contributed by atoms with Crippen LogP contribution in [0.5, 0.6) is 0 Å². The number of nitrogens with one attached hydrogen (secondary N) is 1. The fraction of sp³-hybridized carbons (Fsp3) is 0.364. The molecule has 2 heterocycles. The number of imidazole rings is 1. The molecule has 0 saturated carbocycles. The summed E-state index contributed by atoms with van der Waals surface area (Å²) in [6.07, 6.45) is 3.71. The molecule has 0 aliphatic rings. The fourth-order valence-electron chi connectivity index (χ4n) is 1.66. The van der Waals surface area contributed by atoms with Crippen LogP contribution in [0, 0.1) is 6.92 Å². The maximum atomic E-state index is 5.60. The number of aryl methyl sites for hydroxylation is 2. The Morgan fingerprint density at radius 1 is 1.47 bits per heavy atom. The lowest BCUT2D eigenvalue weighted by atomic mass is 10.2. The summed E-state index contributed by atoms with van der Waals surface area (Å²) >= 11 is 0. The Bertz CT molecular complexity index is 444. The van der Waals surface area contributed by atoms with Gasteiger partial charge in [0.25, 0.3) is 0 Å². The lowest BCUT2D eigenvalue weighted by Crippen LogP contribution is -2.20. The van der Waals surface area contributed by atoms with E-state index in [1.165, 1.54) is 0 Å². The zero-order valence-electron chi connectivity index (χ0n) is 9.19. The Kier molecular flexibility index (Phi) is 2.60. The number of rotatable bonds is 3. The van der Waals surface area contributed by atoms with Crippen LogP contribution < -0.4 is 5.32 Å². The molecule has 1 atom stereocenters. The summed E-state index contributed by atoms with van der Waals surface area (Å²) < 4.78 is 7.58. The lowest BCUT2D eigenvalue weighted by molar-refractivity contribution is 0.431. The minimum absolute atomic E-state index is 0.0127. The van der Waals surface area contributed by atoms with Gasteiger partial charge in [-0.25, -0.2) is 4.98 Å². The van der Waals surface area contributed by atoms with Crippen LogP contribution in [0.15, 0.2) is 28.9 Å². The van der Waals surface area contributed by atoms with Crippen LogP contribution in [0.25, 0.3) is 0 Å².